The van der Waals surface area contributed by atoms with Gasteiger partial charge in [0.25, 0.3) is 0 Å². The molecule has 17 heavy (non-hydrogen) atoms. The third kappa shape index (κ3) is 7.74. The molecule has 1 heterocycles. The van der Waals surface area contributed by atoms with Gasteiger partial charge in [-0.25, -0.2) is 0 Å². The second kappa shape index (κ2) is 8.90. The smallest absolute Gasteiger partial charge is 0.0594 e. The summed E-state index contributed by atoms with van der Waals surface area (Å²) in [5, 5.41) is 7.19. The van der Waals surface area contributed by atoms with Crippen LogP contribution in [0.1, 0.15) is 52.9 Å². The highest BCUT2D eigenvalue weighted by molar-refractivity contribution is 4.75. The minimum absolute atomic E-state index is 0.343. The van der Waals surface area contributed by atoms with Crippen LogP contribution in [0.4, 0.5) is 0 Å². The van der Waals surface area contributed by atoms with E-state index in [1.165, 1.54) is 38.6 Å². The SMILES string of the molecule is CC(CC1CCCCCN1)NCCOC(C)C. The van der Waals surface area contributed by atoms with Gasteiger partial charge in [-0.1, -0.05) is 12.8 Å². The first-order valence-corrected chi connectivity index (χ1v) is 7.27. The van der Waals surface area contributed by atoms with E-state index in [0.717, 1.165) is 13.2 Å². The fraction of sp³-hybridized carbons (Fsp3) is 1.00. The fourth-order valence-electron chi connectivity index (χ4n) is 2.41. The Hall–Kier alpha value is -0.120. The molecule has 2 N–H and O–H groups in total. The molecule has 2 atom stereocenters. The monoisotopic (exact) mass is 242 g/mol. The minimum atomic E-state index is 0.343. The van der Waals surface area contributed by atoms with Gasteiger partial charge in [-0.3, -0.25) is 0 Å². The lowest BCUT2D eigenvalue weighted by atomic mass is 10.0. The molecule has 102 valence electrons. The van der Waals surface area contributed by atoms with Crippen LogP contribution in [0.25, 0.3) is 0 Å². The lowest BCUT2D eigenvalue weighted by Crippen LogP contribution is -2.38. The number of rotatable bonds is 7. The molecule has 0 aliphatic carbocycles. The van der Waals surface area contributed by atoms with Gasteiger partial charge in [0.1, 0.15) is 0 Å². The first-order valence-electron chi connectivity index (χ1n) is 7.27. The van der Waals surface area contributed by atoms with E-state index in [2.05, 4.69) is 31.4 Å². The van der Waals surface area contributed by atoms with Gasteiger partial charge in [-0.2, -0.15) is 0 Å². The molecule has 0 saturated carbocycles. The van der Waals surface area contributed by atoms with Gasteiger partial charge in [0.15, 0.2) is 0 Å². The quantitative estimate of drug-likeness (QED) is 0.672. The zero-order valence-corrected chi connectivity index (χ0v) is 11.8. The summed E-state index contributed by atoms with van der Waals surface area (Å²) < 4.78 is 5.52. The highest BCUT2D eigenvalue weighted by Gasteiger charge is 2.14. The van der Waals surface area contributed by atoms with E-state index in [9.17, 15) is 0 Å². The second-order valence-electron chi connectivity index (χ2n) is 5.51. The fourth-order valence-corrected chi connectivity index (χ4v) is 2.41. The minimum Gasteiger partial charge on any atom is -0.377 e. The third-order valence-electron chi connectivity index (χ3n) is 3.35. The highest BCUT2D eigenvalue weighted by Crippen LogP contribution is 2.12. The number of nitrogens with one attached hydrogen (secondary N) is 2. The average molecular weight is 242 g/mol. The molecule has 1 aliphatic rings. The Morgan fingerprint density at radius 2 is 2.06 bits per heavy atom. The summed E-state index contributed by atoms with van der Waals surface area (Å²) in [7, 11) is 0. The average Bonchev–Trinajstić information content (AvgIpc) is 2.53. The molecule has 2 unspecified atom stereocenters. The van der Waals surface area contributed by atoms with Gasteiger partial charge in [-0.15, -0.1) is 0 Å². The summed E-state index contributed by atoms with van der Waals surface area (Å²) >= 11 is 0. The zero-order valence-electron chi connectivity index (χ0n) is 11.8. The van der Waals surface area contributed by atoms with Gasteiger partial charge < -0.3 is 15.4 Å². The van der Waals surface area contributed by atoms with Crippen molar-refractivity contribution in [3.63, 3.8) is 0 Å². The molecular weight excluding hydrogens is 212 g/mol. The molecular formula is C14H30N2O. The van der Waals surface area contributed by atoms with Crippen LogP contribution in [0.3, 0.4) is 0 Å². The molecule has 1 saturated heterocycles. The van der Waals surface area contributed by atoms with Gasteiger partial charge in [0, 0.05) is 18.6 Å². The standard InChI is InChI=1S/C14H30N2O/c1-12(2)17-10-9-15-13(3)11-14-7-5-4-6-8-16-14/h12-16H,4-11H2,1-3H3. The Bertz CT molecular complexity index is 177. The van der Waals surface area contributed by atoms with Gasteiger partial charge in [-0.05, 0) is 46.6 Å². The van der Waals surface area contributed by atoms with E-state index in [1.54, 1.807) is 0 Å². The van der Waals surface area contributed by atoms with Gasteiger partial charge >= 0.3 is 0 Å². The van der Waals surface area contributed by atoms with Crippen LogP contribution in [0, 0.1) is 0 Å². The molecule has 0 bridgehead atoms. The first-order chi connectivity index (χ1) is 8.18. The second-order valence-corrected chi connectivity index (χ2v) is 5.51. The molecule has 1 rings (SSSR count). The van der Waals surface area contributed by atoms with Crippen molar-refractivity contribution in [3.8, 4) is 0 Å². The van der Waals surface area contributed by atoms with Crippen LogP contribution in [-0.2, 0) is 4.74 Å². The Labute approximate surface area is 107 Å². The van der Waals surface area contributed by atoms with Crippen LogP contribution in [0.15, 0.2) is 0 Å². The van der Waals surface area contributed by atoms with Gasteiger partial charge in [0.05, 0.1) is 12.7 Å². The van der Waals surface area contributed by atoms with E-state index >= 15 is 0 Å². The molecule has 0 amide bonds. The van der Waals surface area contributed by atoms with Crippen LogP contribution in [0.2, 0.25) is 0 Å². The molecule has 1 fully saturated rings. The third-order valence-corrected chi connectivity index (χ3v) is 3.35. The largest absolute Gasteiger partial charge is 0.377 e. The van der Waals surface area contributed by atoms with E-state index in [1.807, 2.05) is 0 Å². The van der Waals surface area contributed by atoms with Crippen molar-refractivity contribution in [1.29, 1.82) is 0 Å². The summed E-state index contributed by atoms with van der Waals surface area (Å²) in [6, 6.07) is 1.30. The van der Waals surface area contributed by atoms with Gasteiger partial charge in [0.2, 0.25) is 0 Å². The van der Waals surface area contributed by atoms with E-state index in [4.69, 9.17) is 4.74 Å². The van der Waals surface area contributed by atoms with Crippen molar-refractivity contribution in [2.75, 3.05) is 19.7 Å². The number of ether oxygens (including phenoxy) is 1. The number of hydrogen-bond donors (Lipinski definition) is 2. The Morgan fingerprint density at radius 1 is 1.24 bits per heavy atom. The summed E-state index contributed by atoms with van der Waals surface area (Å²) in [4.78, 5) is 0. The molecule has 3 heteroatoms. The maximum absolute atomic E-state index is 5.52. The molecule has 0 aromatic carbocycles. The number of hydrogen-bond acceptors (Lipinski definition) is 3. The van der Waals surface area contributed by atoms with Crippen LogP contribution >= 0.6 is 0 Å². The van der Waals surface area contributed by atoms with E-state index < -0.39 is 0 Å². The van der Waals surface area contributed by atoms with Crippen molar-refractivity contribution in [2.24, 2.45) is 0 Å². The van der Waals surface area contributed by atoms with Crippen molar-refractivity contribution in [1.82, 2.24) is 10.6 Å². The van der Waals surface area contributed by atoms with Crippen molar-refractivity contribution < 1.29 is 4.74 Å². The van der Waals surface area contributed by atoms with E-state index in [-0.39, 0.29) is 0 Å². The summed E-state index contributed by atoms with van der Waals surface area (Å²) in [5.74, 6) is 0. The normalized spacial score (nSPS) is 23.6. The Kier molecular flexibility index (Phi) is 7.82. The van der Waals surface area contributed by atoms with Crippen molar-refractivity contribution in [2.45, 2.75) is 71.1 Å². The lowest BCUT2D eigenvalue weighted by molar-refractivity contribution is 0.0792. The molecule has 3 nitrogen and oxygen atoms in total. The lowest BCUT2D eigenvalue weighted by Gasteiger charge is -2.21. The topological polar surface area (TPSA) is 33.3 Å². The molecule has 0 aromatic heterocycles. The summed E-state index contributed by atoms with van der Waals surface area (Å²) in [6.45, 7) is 9.43. The maximum atomic E-state index is 5.52. The first kappa shape index (κ1) is 14.9. The summed E-state index contributed by atoms with van der Waals surface area (Å²) in [5.41, 5.74) is 0. The Balaban J connectivity index is 2.04. The van der Waals surface area contributed by atoms with Crippen LogP contribution < -0.4 is 10.6 Å². The van der Waals surface area contributed by atoms with Crippen LogP contribution in [0.5, 0.6) is 0 Å². The maximum Gasteiger partial charge on any atom is 0.0594 e. The predicted octanol–water partition coefficient (Wildman–Crippen LogP) is 2.31. The predicted molar refractivity (Wildman–Crippen MR) is 73.4 cm³/mol. The van der Waals surface area contributed by atoms with Crippen molar-refractivity contribution in [3.05, 3.63) is 0 Å². The molecule has 0 spiro atoms. The summed E-state index contributed by atoms with van der Waals surface area (Å²) in [6.07, 6.45) is 7.06. The molecule has 0 radical (unpaired) electrons. The van der Waals surface area contributed by atoms with Crippen LogP contribution in [-0.4, -0.2) is 37.9 Å². The van der Waals surface area contributed by atoms with E-state index in [0.29, 0.717) is 18.2 Å². The molecule has 1 aliphatic heterocycles. The Morgan fingerprint density at radius 3 is 2.82 bits per heavy atom. The zero-order chi connectivity index (χ0) is 12.5. The van der Waals surface area contributed by atoms with Crippen molar-refractivity contribution >= 4 is 0 Å². The molecule has 0 aromatic rings. The highest BCUT2D eigenvalue weighted by atomic mass is 16.5.